The molecule has 4 rings (SSSR count). The lowest BCUT2D eigenvalue weighted by molar-refractivity contribution is -0.140. The number of nitrogens with one attached hydrogen (secondary N) is 2. The van der Waals surface area contributed by atoms with Crippen LogP contribution in [0.25, 0.3) is 0 Å². The SMILES string of the molecule is CCNC(=NCc1ccccc1OCC)NCCCN1C(=O)C2C3C=CC(C3)C2C1=O.I. The number of imide groups is 1. The van der Waals surface area contributed by atoms with Gasteiger partial charge in [0, 0.05) is 25.2 Å². The van der Waals surface area contributed by atoms with Crippen molar-refractivity contribution >= 4 is 41.8 Å². The van der Waals surface area contributed by atoms with Crippen molar-refractivity contribution in [1.82, 2.24) is 15.5 Å². The van der Waals surface area contributed by atoms with E-state index in [0.717, 1.165) is 24.3 Å². The summed E-state index contributed by atoms with van der Waals surface area (Å²) in [6.07, 6.45) is 5.92. The van der Waals surface area contributed by atoms with E-state index < -0.39 is 0 Å². The second kappa shape index (κ2) is 11.2. The molecule has 4 unspecified atom stereocenters. The number of amides is 2. The highest BCUT2D eigenvalue weighted by Crippen LogP contribution is 2.52. The third-order valence-electron chi connectivity index (χ3n) is 6.44. The zero-order chi connectivity index (χ0) is 21.8. The Hall–Kier alpha value is -2.10. The number of carbonyl (C=O) groups excluding carboxylic acids is 2. The Bertz CT molecular complexity index is 858. The summed E-state index contributed by atoms with van der Waals surface area (Å²) in [5, 5.41) is 6.56. The number of para-hydroxylation sites is 1. The predicted molar refractivity (Wildman–Crippen MR) is 135 cm³/mol. The van der Waals surface area contributed by atoms with E-state index in [-0.39, 0.29) is 59.5 Å². The average molecular weight is 552 g/mol. The van der Waals surface area contributed by atoms with Crippen LogP contribution in [-0.2, 0) is 16.1 Å². The number of allylic oxidation sites excluding steroid dienone is 2. The first-order chi connectivity index (χ1) is 15.1. The van der Waals surface area contributed by atoms with Crippen LogP contribution in [0.2, 0.25) is 0 Å². The Morgan fingerprint density at radius 1 is 1.09 bits per heavy atom. The number of fused-ring (bicyclic) bond motifs is 5. The molecule has 1 saturated heterocycles. The fraction of sp³-hybridized carbons (Fsp3) is 0.542. The van der Waals surface area contributed by atoms with Crippen LogP contribution in [0.5, 0.6) is 5.75 Å². The van der Waals surface area contributed by atoms with E-state index in [4.69, 9.17) is 4.74 Å². The minimum atomic E-state index is -0.111. The summed E-state index contributed by atoms with van der Waals surface area (Å²) in [5.41, 5.74) is 1.03. The van der Waals surface area contributed by atoms with Gasteiger partial charge in [-0.3, -0.25) is 14.5 Å². The lowest BCUT2D eigenvalue weighted by Crippen LogP contribution is -2.40. The van der Waals surface area contributed by atoms with Gasteiger partial charge in [-0.1, -0.05) is 30.4 Å². The van der Waals surface area contributed by atoms with Gasteiger partial charge in [0.25, 0.3) is 0 Å². The van der Waals surface area contributed by atoms with Crippen LogP contribution in [0.1, 0.15) is 32.3 Å². The van der Waals surface area contributed by atoms with E-state index in [9.17, 15) is 9.59 Å². The second-order valence-corrected chi connectivity index (χ2v) is 8.34. The summed E-state index contributed by atoms with van der Waals surface area (Å²) in [6, 6.07) is 7.91. The van der Waals surface area contributed by atoms with Gasteiger partial charge in [0.15, 0.2) is 5.96 Å². The monoisotopic (exact) mass is 552 g/mol. The number of rotatable bonds is 9. The van der Waals surface area contributed by atoms with Crippen LogP contribution in [0.3, 0.4) is 0 Å². The number of hydrogen-bond acceptors (Lipinski definition) is 4. The molecular weight excluding hydrogens is 519 g/mol. The lowest BCUT2D eigenvalue weighted by Gasteiger charge is -2.18. The molecule has 4 atom stereocenters. The van der Waals surface area contributed by atoms with Gasteiger partial charge in [0.05, 0.1) is 25.0 Å². The Balaban J connectivity index is 0.00000289. The number of ether oxygens (including phenoxy) is 1. The molecule has 0 aromatic heterocycles. The zero-order valence-electron chi connectivity index (χ0n) is 18.8. The topological polar surface area (TPSA) is 83.0 Å². The summed E-state index contributed by atoms with van der Waals surface area (Å²) in [5.74, 6) is 1.93. The van der Waals surface area contributed by atoms with Crippen molar-refractivity contribution in [3.8, 4) is 5.75 Å². The van der Waals surface area contributed by atoms with Crippen LogP contribution in [0.15, 0.2) is 41.4 Å². The van der Waals surface area contributed by atoms with Gasteiger partial charge < -0.3 is 15.4 Å². The van der Waals surface area contributed by atoms with Crippen molar-refractivity contribution in [3.05, 3.63) is 42.0 Å². The fourth-order valence-electron chi connectivity index (χ4n) is 5.07. The molecule has 8 heteroatoms. The number of likely N-dealkylation sites (tertiary alicyclic amines) is 1. The summed E-state index contributed by atoms with van der Waals surface area (Å²) in [6.45, 7) is 6.96. The maximum atomic E-state index is 12.8. The van der Waals surface area contributed by atoms with Gasteiger partial charge in [-0.25, -0.2) is 4.99 Å². The number of carbonyl (C=O) groups is 2. The normalized spacial score (nSPS) is 25.7. The van der Waals surface area contributed by atoms with E-state index in [2.05, 4.69) is 27.8 Å². The molecule has 0 radical (unpaired) electrons. The first-order valence-electron chi connectivity index (χ1n) is 11.4. The zero-order valence-corrected chi connectivity index (χ0v) is 21.1. The number of aliphatic imine (C=N–C) groups is 1. The van der Waals surface area contributed by atoms with Crippen LogP contribution in [-0.4, -0.2) is 48.9 Å². The number of benzene rings is 1. The number of halogens is 1. The summed E-state index contributed by atoms with van der Waals surface area (Å²) < 4.78 is 5.67. The van der Waals surface area contributed by atoms with Gasteiger partial charge >= 0.3 is 0 Å². The number of nitrogens with zero attached hydrogens (tertiary/aromatic N) is 2. The predicted octanol–water partition coefficient (Wildman–Crippen LogP) is 2.96. The Kier molecular flexibility index (Phi) is 8.56. The number of guanidine groups is 1. The third kappa shape index (κ3) is 4.94. The molecule has 1 saturated carbocycles. The molecule has 2 bridgehead atoms. The molecule has 2 amide bonds. The maximum absolute atomic E-state index is 12.8. The van der Waals surface area contributed by atoms with Gasteiger partial charge in [0.1, 0.15) is 5.75 Å². The highest BCUT2D eigenvalue weighted by molar-refractivity contribution is 14.0. The quantitative estimate of drug-likeness (QED) is 0.123. The molecule has 0 spiro atoms. The molecule has 2 aliphatic carbocycles. The largest absolute Gasteiger partial charge is 0.494 e. The lowest BCUT2D eigenvalue weighted by atomic mass is 9.85. The summed E-state index contributed by atoms with van der Waals surface area (Å²) in [4.78, 5) is 31.7. The number of hydrogen-bond donors (Lipinski definition) is 2. The Morgan fingerprint density at radius 2 is 1.78 bits per heavy atom. The summed E-state index contributed by atoms with van der Waals surface area (Å²) in [7, 11) is 0. The van der Waals surface area contributed by atoms with Gasteiger partial charge in [0.2, 0.25) is 11.8 Å². The molecule has 174 valence electrons. The minimum Gasteiger partial charge on any atom is -0.494 e. The molecule has 32 heavy (non-hydrogen) atoms. The molecular formula is C24H33IN4O3. The van der Waals surface area contributed by atoms with Crippen LogP contribution in [0.4, 0.5) is 0 Å². The minimum absolute atomic E-state index is 0. The van der Waals surface area contributed by atoms with Crippen LogP contribution < -0.4 is 15.4 Å². The maximum Gasteiger partial charge on any atom is 0.233 e. The Morgan fingerprint density at radius 3 is 2.44 bits per heavy atom. The second-order valence-electron chi connectivity index (χ2n) is 8.34. The molecule has 1 heterocycles. The van der Waals surface area contributed by atoms with E-state index >= 15 is 0 Å². The first kappa shape index (κ1) is 24.5. The average Bonchev–Trinajstić information content (AvgIpc) is 3.45. The van der Waals surface area contributed by atoms with E-state index in [1.807, 2.05) is 38.1 Å². The third-order valence-corrected chi connectivity index (χ3v) is 6.44. The fourth-order valence-corrected chi connectivity index (χ4v) is 5.07. The van der Waals surface area contributed by atoms with Crippen molar-refractivity contribution in [2.45, 2.75) is 33.2 Å². The van der Waals surface area contributed by atoms with Crippen LogP contribution in [0, 0.1) is 23.7 Å². The summed E-state index contributed by atoms with van der Waals surface area (Å²) >= 11 is 0. The molecule has 7 nitrogen and oxygen atoms in total. The van der Waals surface area contributed by atoms with Crippen molar-refractivity contribution in [1.29, 1.82) is 0 Å². The van der Waals surface area contributed by atoms with Crippen LogP contribution >= 0.6 is 24.0 Å². The van der Waals surface area contributed by atoms with E-state index in [0.29, 0.717) is 38.6 Å². The highest BCUT2D eigenvalue weighted by Gasteiger charge is 2.58. The molecule has 2 N–H and O–H groups in total. The van der Waals surface area contributed by atoms with Gasteiger partial charge in [-0.15, -0.1) is 24.0 Å². The molecule has 3 aliphatic rings. The smallest absolute Gasteiger partial charge is 0.233 e. The van der Waals surface area contributed by atoms with Crippen molar-refractivity contribution in [3.63, 3.8) is 0 Å². The van der Waals surface area contributed by atoms with Crippen molar-refractivity contribution < 1.29 is 14.3 Å². The highest BCUT2D eigenvalue weighted by atomic mass is 127. The van der Waals surface area contributed by atoms with Crippen molar-refractivity contribution in [2.75, 3.05) is 26.2 Å². The molecule has 1 aromatic rings. The Labute approximate surface area is 207 Å². The van der Waals surface area contributed by atoms with Crippen molar-refractivity contribution in [2.24, 2.45) is 28.7 Å². The van der Waals surface area contributed by atoms with E-state index in [1.165, 1.54) is 4.90 Å². The van der Waals surface area contributed by atoms with Gasteiger partial charge in [-0.2, -0.15) is 0 Å². The molecule has 2 fully saturated rings. The molecule has 1 aliphatic heterocycles. The standard InChI is InChI=1S/C24H32N4O3.HI/c1-3-25-24(27-15-18-8-5-6-9-19(18)31-4-2)26-12-7-13-28-22(29)20-16-10-11-17(14-16)21(20)23(28)30;/h5-6,8-11,16-17,20-21H,3-4,7,12-15H2,1-2H3,(H2,25,26,27);1H. The van der Waals surface area contributed by atoms with E-state index in [1.54, 1.807) is 0 Å². The first-order valence-corrected chi connectivity index (χ1v) is 11.4. The molecule has 1 aromatic carbocycles. The van der Waals surface area contributed by atoms with Gasteiger partial charge in [-0.05, 0) is 44.6 Å².